The first-order valence-electron chi connectivity index (χ1n) is 6.69. The van der Waals surface area contributed by atoms with Gasteiger partial charge in [0.1, 0.15) is 12.4 Å². The maximum Gasteiger partial charge on any atom is 0.188 e. The number of nitrogens with zero attached hydrogens (tertiary/aromatic N) is 1. The fourth-order valence-electron chi connectivity index (χ4n) is 2.19. The molecule has 1 saturated carbocycles. The van der Waals surface area contributed by atoms with Gasteiger partial charge in [-0.2, -0.15) is 0 Å². The quantitative estimate of drug-likeness (QED) is 0.311. The molecule has 1 aliphatic rings. The van der Waals surface area contributed by atoms with E-state index in [0.717, 1.165) is 10.2 Å². The van der Waals surface area contributed by atoms with Crippen LogP contribution in [0.3, 0.4) is 0 Å². The smallest absolute Gasteiger partial charge is 0.188 e. The molecule has 0 radical (unpaired) electrons. The summed E-state index contributed by atoms with van der Waals surface area (Å²) in [5.74, 6) is 1.38. The molecule has 1 fully saturated rings. The maximum absolute atomic E-state index is 5.83. The van der Waals surface area contributed by atoms with Gasteiger partial charge in [-0.25, -0.2) is 4.99 Å². The van der Waals surface area contributed by atoms with Crippen molar-refractivity contribution in [1.82, 2.24) is 5.32 Å². The van der Waals surface area contributed by atoms with E-state index in [1.807, 2.05) is 24.3 Å². The van der Waals surface area contributed by atoms with E-state index in [-0.39, 0.29) is 24.0 Å². The third-order valence-electron chi connectivity index (χ3n) is 3.16. The van der Waals surface area contributed by atoms with Gasteiger partial charge >= 0.3 is 0 Å². The number of guanidine groups is 1. The second kappa shape index (κ2) is 9.44. The number of nitrogens with two attached hydrogens (primary N) is 1. The summed E-state index contributed by atoms with van der Waals surface area (Å²) < 4.78 is 6.61. The molecule has 2 rings (SSSR count). The molecule has 4 nitrogen and oxygen atoms in total. The van der Waals surface area contributed by atoms with Crippen LogP contribution in [0.25, 0.3) is 0 Å². The molecule has 112 valence electrons. The SMILES string of the molecule is I.NC(=NCCOc1ccc(Br)cc1)NC1CCCC1. The molecule has 0 aromatic heterocycles. The first-order valence-corrected chi connectivity index (χ1v) is 7.48. The summed E-state index contributed by atoms with van der Waals surface area (Å²) in [6, 6.07) is 8.27. The third-order valence-corrected chi connectivity index (χ3v) is 3.69. The molecule has 0 atom stereocenters. The Morgan fingerprint density at radius 1 is 1.30 bits per heavy atom. The summed E-state index contributed by atoms with van der Waals surface area (Å²) >= 11 is 3.39. The third kappa shape index (κ3) is 6.30. The lowest BCUT2D eigenvalue weighted by Gasteiger charge is -2.12. The van der Waals surface area contributed by atoms with Crippen LogP contribution in [0.2, 0.25) is 0 Å². The minimum atomic E-state index is 0. The van der Waals surface area contributed by atoms with Gasteiger partial charge in [0.15, 0.2) is 5.96 Å². The van der Waals surface area contributed by atoms with Crippen molar-refractivity contribution in [2.75, 3.05) is 13.2 Å². The van der Waals surface area contributed by atoms with Crippen molar-refractivity contribution in [1.29, 1.82) is 0 Å². The average Bonchev–Trinajstić information content (AvgIpc) is 2.89. The Labute approximate surface area is 145 Å². The van der Waals surface area contributed by atoms with Crippen molar-refractivity contribution in [3.63, 3.8) is 0 Å². The zero-order valence-electron chi connectivity index (χ0n) is 11.3. The highest BCUT2D eigenvalue weighted by Crippen LogP contribution is 2.17. The Morgan fingerprint density at radius 3 is 2.60 bits per heavy atom. The molecule has 1 aromatic carbocycles. The van der Waals surface area contributed by atoms with Crippen LogP contribution in [0, 0.1) is 0 Å². The van der Waals surface area contributed by atoms with Crippen molar-refractivity contribution in [3.05, 3.63) is 28.7 Å². The number of ether oxygens (including phenoxy) is 1. The normalized spacial score (nSPS) is 15.8. The first kappa shape index (κ1) is 17.6. The molecular weight excluding hydrogens is 433 g/mol. The Morgan fingerprint density at radius 2 is 1.95 bits per heavy atom. The molecule has 20 heavy (non-hydrogen) atoms. The highest BCUT2D eigenvalue weighted by molar-refractivity contribution is 14.0. The number of hydrogen-bond acceptors (Lipinski definition) is 2. The van der Waals surface area contributed by atoms with E-state index in [1.165, 1.54) is 25.7 Å². The number of aliphatic imine (C=N–C) groups is 1. The largest absolute Gasteiger partial charge is 0.492 e. The summed E-state index contributed by atoms with van der Waals surface area (Å²) in [6.45, 7) is 1.11. The molecule has 0 saturated heterocycles. The van der Waals surface area contributed by atoms with Crippen molar-refractivity contribution in [2.45, 2.75) is 31.7 Å². The molecule has 0 heterocycles. The van der Waals surface area contributed by atoms with Gasteiger partial charge in [-0.1, -0.05) is 28.8 Å². The molecule has 1 aromatic rings. The molecular formula is C14H21BrIN3O. The molecule has 0 bridgehead atoms. The number of hydrogen-bond donors (Lipinski definition) is 2. The first-order chi connectivity index (χ1) is 9.24. The summed E-state index contributed by atoms with van der Waals surface area (Å²) in [5.41, 5.74) is 5.83. The molecule has 6 heteroatoms. The fourth-order valence-corrected chi connectivity index (χ4v) is 2.45. The van der Waals surface area contributed by atoms with Gasteiger partial charge in [0, 0.05) is 10.5 Å². The summed E-state index contributed by atoms with van der Waals surface area (Å²) in [5, 5.41) is 3.25. The van der Waals surface area contributed by atoms with Crippen LogP contribution in [-0.4, -0.2) is 25.2 Å². The van der Waals surface area contributed by atoms with Crippen LogP contribution in [0.4, 0.5) is 0 Å². The molecule has 0 spiro atoms. The predicted molar refractivity (Wildman–Crippen MR) is 96.9 cm³/mol. The van der Waals surface area contributed by atoms with Gasteiger partial charge in [0.2, 0.25) is 0 Å². The zero-order chi connectivity index (χ0) is 13.5. The van der Waals surface area contributed by atoms with Crippen molar-refractivity contribution >= 4 is 45.9 Å². The lowest BCUT2D eigenvalue weighted by atomic mass is 10.2. The number of rotatable bonds is 5. The molecule has 0 amide bonds. The lowest BCUT2D eigenvalue weighted by Crippen LogP contribution is -2.38. The van der Waals surface area contributed by atoms with E-state index in [0.29, 0.717) is 25.2 Å². The minimum absolute atomic E-state index is 0. The monoisotopic (exact) mass is 453 g/mol. The van der Waals surface area contributed by atoms with Crippen LogP contribution >= 0.6 is 39.9 Å². The van der Waals surface area contributed by atoms with Gasteiger partial charge < -0.3 is 15.8 Å². The molecule has 0 unspecified atom stereocenters. The Kier molecular flexibility index (Phi) is 8.28. The summed E-state index contributed by atoms with van der Waals surface area (Å²) in [6.07, 6.45) is 4.98. The Hall–Kier alpha value is -0.500. The van der Waals surface area contributed by atoms with Gasteiger partial charge in [-0.3, -0.25) is 0 Å². The predicted octanol–water partition coefficient (Wildman–Crippen LogP) is 3.29. The Balaban J connectivity index is 0.00000200. The van der Waals surface area contributed by atoms with E-state index in [9.17, 15) is 0 Å². The summed E-state index contributed by atoms with van der Waals surface area (Å²) in [7, 11) is 0. The van der Waals surface area contributed by atoms with E-state index in [2.05, 4.69) is 26.2 Å². The number of benzene rings is 1. The average molecular weight is 454 g/mol. The van der Waals surface area contributed by atoms with Crippen LogP contribution in [0.5, 0.6) is 5.75 Å². The van der Waals surface area contributed by atoms with Gasteiger partial charge in [0.25, 0.3) is 0 Å². The van der Waals surface area contributed by atoms with E-state index < -0.39 is 0 Å². The number of halogens is 2. The lowest BCUT2D eigenvalue weighted by molar-refractivity contribution is 0.328. The van der Waals surface area contributed by atoms with Gasteiger partial charge in [0.05, 0.1) is 6.54 Å². The van der Waals surface area contributed by atoms with Crippen molar-refractivity contribution < 1.29 is 4.74 Å². The highest BCUT2D eigenvalue weighted by Gasteiger charge is 2.14. The van der Waals surface area contributed by atoms with E-state index in [4.69, 9.17) is 10.5 Å². The van der Waals surface area contributed by atoms with E-state index >= 15 is 0 Å². The number of nitrogens with one attached hydrogen (secondary N) is 1. The van der Waals surface area contributed by atoms with Crippen LogP contribution in [0.15, 0.2) is 33.7 Å². The Bertz CT molecular complexity index is 419. The zero-order valence-corrected chi connectivity index (χ0v) is 15.3. The summed E-state index contributed by atoms with van der Waals surface area (Å²) in [4.78, 5) is 4.27. The second-order valence-electron chi connectivity index (χ2n) is 4.70. The standard InChI is InChI=1S/C14H20BrN3O.HI/c15-11-5-7-13(8-6-11)19-10-9-17-14(16)18-12-3-1-2-4-12;/h5-8,12H,1-4,9-10H2,(H3,16,17,18);1H. The highest BCUT2D eigenvalue weighted by atomic mass is 127. The van der Waals surface area contributed by atoms with Crippen molar-refractivity contribution in [2.24, 2.45) is 10.7 Å². The fraction of sp³-hybridized carbons (Fsp3) is 0.500. The van der Waals surface area contributed by atoms with Crippen molar-refractivity contribution in [3.8, 4) is 5.75 Å². The van der Waals surface area contributed by atoms with Gasteiger partial charge in [-0.15, -0.1) is 24.0 Å². The van der Waals surface area contributed by atoms with E-state index in [1.54, 1.807) is 0 Å². The van der Waals surface area contributed by atoms with Crippen LogP contribution < -0.4 is 15.8 Å². The topological polar surface area (TPSA) is 59.6 Å². The molecule has 1 aliphatic carbocycles. The van der Waals surface area contributed by atoms with Crippen LogP contribution in [0.1, 0.15) is 25.7 Å². The molecule has 3 N–H and O–H groups in total. The second-order valence-corrected chi connectivity index (χ2v) is 5.61. The molecule has 0 aliphatic heterocycles. The van der Waals surface area contributed by atoms with Gasteiger partial charge in [-0.05, 0) is 37.1 Å². The maximum atomic E-state index is 5.83. The van der Waals surface area contributed by atoms with Crippen LogP contribution in [-0.2, 0) is 0 Å². The minimum Gasteiger partial charge on any atom is -0.492 e.